The van der Waals surface area contributed by atoms with E-state index in [9.17, 15) is 14.4 Å². The highest BCUT2D eigenvalue weighted by Gasteiger charge is 2.49. The van der Waals surface area contributed by atoms with Gasteiger partial charge in [0.15, 0.2) is 6.61 Å². The lowest BCUT2D eigenvalue weighted by molar-refractivity contribution is -0.133. The molecule has 2 aliphatic heterocycles. The summed E-state index contributed by atoms with van der Waals surface area (Å²) in [5.41, 5.74) is -0.0733. The number of nitrogens with zero attached hydrogens (tertiary/aromatic N) is 1. The molecule has 3 amide bonds. The quantitative estimate of drug-likeness (QED) is 0.821. The predicted molar refractivity (Wildman–Crippen MR) is 89.5 cm³/mol. The van der Waals surface area contributed by atoms with Crippen molar-refractivity contribution in [1.82, 2.24) is 10.2 Å². The van der Waals surface area contributed by atoms with Crippen LogP contribution in [-0.2, 0) is 14.3 Å². The number of benzene rings is 1. The third-order valence-corrected chi connectivity index (χ3v) is 4.63. The number of hydrogen-bond acceptors (Lipinski definition) is 5. The van der Waals surface area contributed by atoms with Crippen molar-refractivity contribution in [2.24, 2.45) is 0 Å². The van der Waals surface area contributed by atoms with Gasteiger partial charge in [-0.1, -0.05) is 0 Å². The summed E-state index contributed by atoms with van der Waals surface area (Å²) >= 11 is 0. The van der Waals surface area contributed by atoms with Crippen LogP contribution in [0.15, 0.2) is 18.2 Å². The number of carbonyl (C=O) groups is 3. The van der Waals surface area contributed by atoms with E-state index in [-0.39, 0.29) is 30.9 Å². The first-order valence-electron chi connectivity index (χ1n) is 8.11. The van der Waals surface area contributed by atoms with Crippen molar-refractivity contribution in [3.63, 3.8) is 0 Å². The number of likely N-dealkylation sites (N-methyl/N-ethyl adjacent to an activating group) is 1. The lowest BCUT2D eigenvalue weighted by Gasteiger charge is -2.36. The molecule has 1 atom stereocenters. The van der Waals surface area contributed by atoms with Gasteiger partial charge in [-0.25, -0.2) is 0 Å². The van der Waals surface area contributed by atoms with E-state index in [0.29, 0.717) is 30.0 Å². The number of hydrogen-bond donors (Lipinski definition) is 2. The first-order valence-corrected chi connectivity index (χ1v) is 8.11. The summed E-state index contributed by atoms with van der Waals surface area (Å²) in [6.07, 6.45) is 1.27. The van der Waals surface area contributed by atoms with Crippen LogP contribution in [0.5, 0.6) is 5.75 Å². The Labute approximate surface area is 145 Å². The molecule has 1 saturated heterocycles. The van der Waals surface area contributed by atoms with Gasteiger partial charge in [0.25, 0.3) is 11.8 Å². The van der Waals surface area contributed by atoms with E-state index in [2.05, 4.69) is 10.6 Å². The van der Waals surface area contributed by atoms with Gasteiger partial charge in [0, 0.05) is 26.3 Å². The number of nitrogens with one attached hydrogen (secondary N) is 2. The van der Waals surface area contributed by atoms with E-state index in [1.165, 1.54) is 7.11 Å². The van der Waals surface area contributed by atoms with Gasteiger partial charge in [0.1, 0.15) is 11.3 Å². The van der Waals surface area contributed by atoms with Crippen LogP contribution >= 0.6 is 0 Å². The van der Waals surface area contributed by atoms with Gasteiger partial charge in [-0.05, 0) is 31.0 Å². The number of likely N-dealkylation sites (tertiary alicyclic amines) is 1. The Morgan fingerprint density at radius 3 is 2.96 bits per heavy atom. The topological polar surface area (TPSA) is 97.0 Å². The average molecular weight is 347 g/mol. The third kappa shape index (κ3) is 2.93. The SMILES string of the molecule is CNC(=O)C1(COC)CCCN1C(=O)c1ccc2c(c1)OCC(=O)N2. The van der Waals surface area contributed by atoms with E-state index in [1.807, 2.05) is 0 Å². The van der Waals surface area contributed by atoms with Crippen molar-refractivity contribution in [3.8, 4) is 5.75 Å². The van der Waals surface area contributed by atoms with Gasteiger partial charge < -0.3 is 25.0 Å². The summed E-state index contributed by atoms with van der Waals surface area (Å²) in [5.74, 6) is -0.282. The summed E-state index contributed by atoms with van der Waals surface area (Å²) in [7, 11) is 3.07. The Kier molecular flexibility index (Phi) is 4.63. The zero-order valence-electron chi connectivity index (χ0n) is 14.3. The van der Waals surface area contributed by atoms with E-state index in [0.717, 1.165) is 6.42 Å². The minimum absolute atomic E-state index is 0.0831. The molecular weight excluding hydrogens is 326 g/mol. The normalized spacial score (nSPS) is 22.0. The molecule has 134 valence electrons. The van der Waals surface area contributed by atoms with Crippen molar-refractivity contribution in [1.29, 1.82) is 0 Å². The molecule has 0 aliphatic carbocycles. The van der Waals surface area contributed by atoms with Crippen molar-refractivity contribution in [2.75, 3.05) is 39.2 Å². The zero-order valence-corrected chi connectivity index (χ0v) is 14.3. The summed E-state index contributed by atoms with van der Waals surface area (Å²) in [6.45, 7) is 0.528. The van der Waals surface area contributed by atoms with Crippen LogP contribution in [0.2, 0.25) is 0 Å². The Morgan fingerprint density at radius 1 is 1.44 bits per heavy atom. The maximum Gasteiger partial charge on any atom is 0.262 e. The highest BCUT2D eigenvalue weighted by molar-refractivity contribution is 6.02. The second-order valence-electron chi connectivity index (χ2n) is 6.15. The van der Waals surface area contributed by atoms with Crippen LogP contribution in [0, 0.1) is 0 Å². The van der Waals surface area contributed by atoms with E-state index < -0.39 is 5.54 Å². The van der Waals surface area contributed by atoms with Crippen LogP contribution in [0.4, 0.5) is 5.69 Å². The number of rotatable bonds is 4. The molecule has 3 rings (SSSR count). The van der Waals surface area contributed by atoms with Crippen LogP contribution in [0.1, 0.15) is 23.2 Å². The number of methoxy groups -OCH3 is 1. The van der Waals surface area contributed by atoms with Crippen LogP contribution in [0.3, 0.4) is 0 Å². The number of anilines is 1. The van der Waals surface area contributed by atoms with Crippen LogP contribution in [0.25, 0.3) is 0 Å². The first-order chi connectivity index (χ1) is 12.0. The van der Waals surface area contributed by atoms with Crippen molar-refractivity contribution < 1.29 is 23.9 Å². The molecule has 25 heavy (non-hydrogen) atoms. The molecule has 0 saturated carbocycles. The molecule has 2 N–H and O–H groups in total. The van der Waals surface area contributed by atoms with Crippen molar-refractivity contribution >= 4 is 23.4 Å². The Hall–Kier alpha value is -2.61. The summed E-state index contributed by atoms with van der Waals surface area (Å²) in [4.78, 5) is 38.5. The Bertz CT molecular complexity index is 720. The number of carbonyl (C=O) groups excluding carboxylic acids is 3. The number of ether oxygens (including phenoxy) is 2. The van der Waals surface area contributed by atoms with Crippen molar-refractivity contribution in [2.45, 2.75) is 18.4 Å². The van der Waals surface area contributed by atoms with Gasteiger partial charge in [-0.15, -0.1) is 0 Å². The Morgan fingerprint density at radius 2 is 2.24 bits per heavy atom. The lowest BCUT2D eigenvalue weighted by Crippen LogP contribution is -2.59. The first kappa shape index (κ1) is 17.2. The molecule has 1 aromatic rings. The second-order valence-corrected chi connectivity index (χ2v) is 6.15. The maximum absolute atomic E-state index is 13.1. The standard InChI is InChI=1S/C17H21N3O5/c1-18-16(23)17(10-24-2)6-3-7-20(17)15(22)11-4-5-12-13(8-11)25-9-14(21)19-12/h4-5,8H,3,6-7,9-10H2,1-2H3,(H,18,23)(H,19,21). The van der Waals surface area contributed by atoms with Gasteiger partial charge in [-0.3, -0.25) is 14.4 Å². The molecule has 8 nitrogen and oxygen atoms in total. The minimum Gasteiger partial charge on any atom is -0.482 e. The summed E-state index contributed by atoms with van der Waals surface area (Å²) in [6, 6.07) is 4.85. The molecule has 2 aliphatic rings. The molecule has 0 radical (unpaired) electrons. The molecule has 1 fully saturated rings. The summed E-state index contributed by atoms with van der Waals surface area (Å²) < 4.78 is 10.6. The molecule has 0 bridgehead atoms. The smallest absolute Gasteiger partial charge is 0.262 e. The number of fused-ring (bicyclic) bond motifs is 1. The molecule has 1 aromatic carbocycles. The fourth-order valence-corrected chi connectivity index (χ4v) is 3.46. The Balaban J connectivity index is 1.91. The fourth-order valence-electron chi connectivity index (χ4n) is 3.46. The van der Waals surface area contributed by atoms with Crippen LogP contribution in [-0.4, -0.2) is 62.1 Å². The van der Waals surface area contributed by atoms with Gasteiger partial charge in [0.2, 0.25) is 5.91 Å². The van der Waals surface area contributed by atoms with E-state index in [1.54, 1.807) is 30.1 Å². The minimum atomic E-state index is -1.01. The monoisotopic (exact) mass is 347 g/mol. The fraction of sp³-hybridized carbons (Fsp3) is 0.471. The molecule has 8 heteroatoms. The van der Waals surface area contributed by atoms with Gasteiger partial charge in [-0.2, -0.15) is 0 Å². The third-order valence-electron chi connectivity index (χ3n) is 4.63. The van der Waals surface area contributed by atoms with E-state index in [4.69, 9.17) is 9.47 Å². The second kappa shape index (κ2) is 6.72. The predicted octanol–water partition coefficient (Wildman–Crippen LogP) is 0.385. The van der Waals surface area contributed by atoms with Gasteiger partial charge in [0.05, 0.1) is 12.3 Å². The maximum atomic E-state index is 13.1. The molecule has 0 spiro atoms. The average Bonchev–Trinajstić information content (AvgIpc) is 3.05. The van der Waals surface area contributed by atoms with Crippen LogP contribution < -0.4 is 15.4 Å². The van der Waals surface area contributed by atoms with Crippen molar-refractivity contribution in [3.05, 3.63) is 23.8 Å². The zero-order chi connectivity index (χ0) is 18.0. The number of amides is 3. The molecule has 0 aromatic heterocycles. The highest BCUT2D eigenvalue weighted by atomic mass is 16.5. The molecular formula is C17H21N3O5. The molecule has 2 heterocycles. The highest BCUT2D eigenvalue weighted by Crippen LogP contribution is 2.34. The van der Waals surface area contributed by atoms with E-state index >= 15 is 0 Å². The van der Waals surface area contributed by atoms with Gasteiger partial charge >= 0.3 is 0 Å². The lowest BCUT2D eigenvalue weighted by atomic mass is 9.95. The summed E-state index contributed by atoms with van der Waals surface area (Å²) in [5, 5.41) is 5.33. The largest absolute Gasteiger partial charge is 0.482 e. The molecule has 1 unspecified atom stereocenters.